The summed E-state index contributed by atoms with van der Waals surface area (Å²) < 4.78 is 5.94. The highest BCUT2D eigenvalue weighted by molar-refractivity contribution is 5.62. The van der Waals surface area contributed by atoms with Crippen molar-refractivity contribution in [2.24, 2.45) is 0 Å². The topological polar surface area (TPSA) is 29.5 Å². The Labute approximate surface area is 109 Å². The standard InChI is InChI=1S/C15H21NO2/c1-16-10-5-8-15(13-17,9-11-16)18-12-14-6-3-2-4-7-14/h2-4,6-7,13H,5,8-12H2,1H3. The summed E-state index contributed by atoms with van der Waals surface area (Å²) in [4.78, 5) is 13.7. The van der Waals surface area contributed by atoms with Crippen LogP contribution in [0, 0.1) is 0 Å². The van der Waals surface area contributed by atoms with Gasteiger partial charge in [0.1, 0.15) is 5.60 Å². The number of aldehydes is 1. The van der Waals surface area contributed by atoms with Crippen molar-refractivity contribution in [3.05, 3.63) is 35.9 Å². The summed E-state index contributed by atoms with van der Waals surface area (Å²) in [6, 6.07) is 10.0. The van der Waals surface area contributed by atoms with Crippen LogP contribution in [0.1, 0.15) is 24.8 Å². The number of carbonyl (C=O) groups is 1. The van der Waals surface area contributed by atoms with Gasteiger partial charge in [-0.1, -0.05) is 30.3 Å². The molecule has 3 heteroatoms. The van der Waals surface area contributed by atoms with Gasteiger partial charge in [0, 0.05) is 6.54 Å². The Morgan fingerprint density at radius 3 is 2.78 bits per heavy atom. The van der Waals surface area contributed by atoms with Crippen LogP contribution in [0.25, 0.3) is 0 Å². The second-order valence-corrected chi connectivity index (χ2v) is 5.11. The van der Waals surface area contributed by atoms with Crippen LogP contribution in [0.3, 0.4) is 0 Å². The van der Waals surface area contributed by atoms with E-state index in [1.54, 1.807) is 0 Å². The molecule has 0 N–H and O–H groups in total. The normalized spacial score (nSPS) is 25.6. The van der Waals surface area contributed by atoms with Crippen LogP contribution in [0.2, 0.25) is 0 Å². The number of likely N-dealkylation sites (tertiary alicyclic amines) is 1. The average molecular weight is 247 g/mol. The molecule has 0 aromatic heterocycles. The molecule has 0 saturated carbocycles. The van der Waals surface area contributed by atoms with Gasteiger partial charge >= 0.3 is 0 Å². The molecule has 0 aliphatic carbocycles. The molecule has 18 heavy (non-hydrogen) atoms. The first kappa shape index (κ1) is 13.2. The lowest BCUT2D eigenvalue weighted by Crippen LogP contribution is -2.35. The summed E-state index contributed by atoms with van der Waals surface area (Å²) >= 11 is 0. The number of benzene rings is 1. The molecule has 0 radical (unpaired) electrons. The van der Waals surface area contributed by atoms with Crippen LogP contribution in [0.4, 0.5) is 0 Å². The maximum Gasteiger partial charge on any atom is 0.151 e. The Kier molecular flexibility index (Phi) is 4.50. The van der Waals surface area contributed by atoms with E-state index in [0.29, 0.717) is 6.61 Å². The summed E-state index contributed by atoms with van der Waals surface area (Å²) in [7, 11) is 2.10. The van der Waals surface area contributed by atoms with E-state index in [0.717, 1.165) is 44.2 Å². The van der Waals surface area contributed by atoms with Gasteiger partial charge < -0.3 is 14.4 Å². The molecule has 1 atom stereocenters. The van der Waals surface area contributed by atoms with Gasteiger partial charge in [-0.3, -0.25) is 0 Å². The maximum absolute atomic E-state index is 11.4. The number of ether oxygens (including phenoxy) is 1. The maximum atomic E-state index is 11.4. The molecule has 1 aromatic carbocycles. The minimum Gasteiger partial charge on any atom is -0.363 e. The second-order valence-electron chi connectivity index (χ2n) is 5.11. The molecule has 2 rings (SSSR count). The van der Waals surface area contributed by atoms with Gasteiger partial charge in [0.2, 0.25) is 0 Å². The monoisotopic (exact) mass is 247 g/mol. The first-order valence-electron chi connectivity index (χ1n) is 6.57. The molecule has 1 heterocycles. The molecule has 1 saturated heterocycles. The molecule has 0 spiro atoms. The minimum atomic E-state index is -0.583. The average Bonchev–Trinajstić information content (AvgIpc) is 2.61. The van der Waals surface area contributed by atoms with Crippen LogP contribution in [-0.4, -0.2) is 36.9 Å². The van der Waals surface area contributed by atoms with Gasteiger partial charge in [-0.25, -0.2) is 0 Å². The predicted octanol–water partition coefficient (Wildman–Crippen LogP) is 2.26. The molecule has 0 bridgehead atoms. The van der Waals surface area contributed by atoms with E-state index in [4.69, 9.17) is 4.74 Å². The number of rotatable bonds is 4. The van der Waals surface area contributed by atoms with E-state index in [2.05, 4.69) is 11.9 Å². The lowest BCUT2D eigenvalue weighted by molar-refractivity contribution is -0.135. The van der Waals surface area contributed by atoms with Crippen LogP contribution in [0.5, 0.6) is 0 Å². The zero-order valence-corrected chi connectivity index (χ0v) is 11.0. The van der Waals surface area contributed by atoms with Crippen molar-refractivity contribution >= 4 is 6.29 Å². The second kappa shape index (κ2) is 6.12. The summed E-state index contributed by atoms with van der Waals surface area (Å²) in [6.45, 7) is 2.49. The van der Waals surface area contributed by atoms with Gasteiger partial charge in [-0.2, -0.15) is 0 Å². The van der Waals surface area contributed by atoms with E-state index in [-0.39, 0.29) is 0 Å². The van der Waals surface area contributed by atoms with Gasteiger partial charge in [-0.05, 0) is 38.4 Å². The van der Waals surface area contributed by atoms with Crippen molar-refractivity contribution in [3.8, 4) is 0 Å². The lowest BCUT2D eigenvalue weighted by Gasteiger charge is -2.27. The van der Waals surface area contributed by atoms with Crippen molar-refractivity contribution in [1.82, 2.24) is 4.90 Å². The Bertz CT molecular complexity index is 379. The smallest absolute Gasteiger partial charge is 0.151 e. The highest BCUT2D eigenvalue weighted by Gasteiger charge is 2.32. The molecular formula is C15H21NO2. The number of hydrogen-bond donors (Lipinski definition) is 0. The summed E-state index contributed by atoms with van der Waals surface area (Å²) in [5.74, 6) is 0. The van der Waals surface area contributed by atoms with Crippen molar-refractivity contribution in [1.29, 1.82) is 0 Å². The predicted molar refractivity (Wildman–Crippen MR) is 71.4 cm³/mol. The number of carbonyl (C=O) groups excluding carboxylic acids is 1. The van der Waals surface area contributed by atoms with Crippen LogP contribution < -0.4 is 0 Å². The molecule has 1 unspecified atom stereocenters. The Balaban J connectivity index is 1.97. The third-order valence-electron chi connectivity index (χ3n) is 3.64. The quantitative estimate of drug-likeness (QED) is 0.764. The number of hydrogen-bond acceptors (Lipinski definition) is 3. The molecule has 1 aliphatic heterocycles. The van der Waals surface area contributed by atoms with Crippen molar-refractivity contribution < 1.29 is 9.53 Å². The minimum absolute atomic E-state index is 0.517. The fraction of sp³-hybridized carbons (Fsp3) is 0.533. The molecular weight excluding hydrogens is 226 g/mol. The highest BCUT2D eigenvalue weighted by atomic mass is 16.5. The zero-order valence-electron chi connectivity index (χ0n) is 11.0. The Morgan fingerprint density at radius 1 is 1.28 bits per heavy atom. The zero-order chi connectivity index (χ0) is 12.8. The van der Waals surface area contributed by atoms with E-state index in [1.165, 1.54) is 0 Å². The molecule has 1 fully saturated rings. The summed E-state index contributed by atoms with van der Waals surface area (Å²) in [6.07, 6.45) is 3.65. The first-order chi connectivity index (χ1) is 8.74. The van der Waals surface area contributed by atoms with Crippen molar-refractivity contribution in [2.75, 3.05) is 20.1 Å². The first-order valence-corrected chi connectivity index (χ1v) is 6.57. The van der Waals surface area contributed by atoms with Crippen molar-refractivity contribution in [3.63, 3.8) is 0 Å². The highest BCUT2D eigenvalue weighted by Crippen LogP contribution is 2.25. The van der Waals surface area contributed by atoms with E-state index in [1.807, 2.05) is 30.3 Å². The van der Waals surface area contributed by atoms with Crippen molar-refractivity contribution in [2.45, 2.75) is 31.5 Å². The van der Waals surface area contributed by atoms with Crippen LogP contribution in [0.15, 0.2) is 30.3 Å². The Morgan fingerprint density at radius 2 is 2.06 bits per heavy atom. The fourth-order valence-corrected chi connectivity index (χ4v) is 2.36. The SMILES string of the molecule is CN1CCCC(C=O)(OCc2ccccc2)CC1. The third kappa shape index (κ3) is 3.40. The molecule has 98 valence electrons. The largest absolute Gasteiger partial charge is 0.363 e. The van der Waals surface area contributed by atoms with E-state index >= 15 is 0 Å². The summed E-state index contributed by atoms with van der Waals surface area (Å²) in [5.41, 5.74) is 0.539. The molecule has 3 nitrogen and oxygen atoms in total. The molecule has 0 amide bonds. The lowest BCUT2D eigenvalue weighted by atomic mass is 9.96. The van der Waals surface area contributed by atoms with Crippen LogP contribution >= 0.6 is 0 Å². The van der Waals surface area contributed by atoms with Gasteiger partial charge in [0.05, 0.1) is 6.61 Å². The van der Waals surface area contributed by atoms with Crippen LogP contribution in [-0.2, 0) is 16.1 Å². The number of nitrogens with zero attached hydrogens (tertiary/aromatic N) is 1. The molecule has 1 aromatic rings. The van der Waals surface area contributed by atoms with Gasteiger partial charge in [0.15, 0.2) is 6.29 Å². The fourth-order valence-electron chi connectivity index (χ4n) is 2.36. The van der Waals surface area contributed by atoms with Gasteiger partial charge in [-0.15, -0.1) is 0 Å². The molecule has 1 aliphatic rings. The Hall–Kier alpha value is -1.19. The van der Waals surface area contributed by atoms with Gasteiger partial charge in [0.25, 0.3) is 0 Å². The third-order valence-corrected chi connectivity index (χ3v) is 3.64. The van der Waals surface area contributed by atoms with E-state index < -0.39 is 5.60 Å². The summed E-state index contributed by atoms with van der Waals surface area (Å²) in [5, 5.41) is 0. The van der Waals surface area contributed by atoms with E-state index in [9.17, 15) is 4.79 Å².